The van der Waals surface area contributed by atoms with E-state index >= 15 is 0 Å². The predicted octanol–water partition coefficient (Wildman–Crippen LogP) is 2.98. The average molecular weight is 204 g/mol. The Morgan fingerprint density at radius 2 is 2.20 bits per heavy atom. The number of rotatable bonds is 5. The standard InChI is InChI=1S/C13H16O2/c1-3-7-11-8-5-6-9-12(11)13(14)15-10-4-2/h4-6,8-9H,2-3,7,10H2,1H3. The fourth-order valence-corrected chi connectivity index (χ4v) is 1.42. The van der Waals surface area contributed by atoms with E-state index < -0.39 is 0 Å². The van der Waals surface area contributed by atoms with Gasteiger partial charge in [0.2, 0.25) is 0 Å². The third-order valence-electron chi connectivity index (χ3n) is 2.09. The molecule has 0 heterocycles. The summed E-state index contributed by atoms with van der Waals surface area (Å²) in [4.78, 5) is 11.6. The number of ether oxygens (including phenoxy) is 1. The van der Waals surface area contributed by atoms with Crippen molar-refractivity contribution in [2.24, 2.45) is 0 Å². The molecule has 0 radical (unpaired) electrons. The highest BCUT2D eigenvalue weighted by Gasteiger charge is 2.10. The summed E-state index contributed by atoms with van der Waals surface area (Å²) >= 11 is 0. The molecule has 0 aromatic heterocycles. The molecule has 1 rings (SSSR count). The summed E-state index contributed by atoms with van der Waals surface area (Å²) in [6.07, 6.45) is 3.49. The second-order valence-electron chi connectivity index (χ2n) is 3.29. The van der Waals surface area contributed by atoms with E-state index in [1.807, 2.05) is 18.2 Å². The molecule has 15 heavy (non-hydrogen) atoms. The molecule has 80 valence electrons. The van der Waals surface area contributed by atoms with Gasteiger partial charge in [-0.2, -0.15) is 0 Å². The van der Waals surface area contributed by atoms with Crippen LogP contribution in [0.1, 0.15) is 29.3 Å². The molecule has 0 fully saturated rings. The molecular formula is C13H16O2. The maximum atomic E-state index is 11.6. The lowest BCUT2D eigenvalue weighted by Crippen LogP contribution is -2.08. The van der Waals surface area contributed by atoms with E-state index in [4.69, 9.17) is 4.74 Å². The number of carbonyl (C=O) groups excluding carboxylic acids is 1. The van der Waals surface area contributed by atoms with Crippen LogP contribution in [-0.2, 0) is 11.2 Å². The highest BCUT2D eigenvalue weighted by atomic mass is 16.5. The van der Waals surface area contributed by atoms with Crippen molar-refractivity contribution in [1.29, 1.82) is 0 Å². The Morgan fingerprint density at radius 3 is 2.87 bits per heavy atom. The summed E-state index contributed by atoms with van der Waals surface area (Å²) in [5.74, 6) is -0.265. The van der Waals surface area contributed by atoms with Crippen molar-refractivity contribution in [2.75, 3.05) is 6.61 Å². The SMILES string of the molecule is C=CCOC(=O)c1ccccc1CCC. The Bertz CT molecular complexity index is 342. The molecule has 0 N–H and O–H groups in total. The fourth-order valence-electron chi connectivity index (χ4n) is 1.42. The minimum atomic E-state index is -0.265. The van der Waals surface area contributed by atoms with E-state index in [2.05, 4.69) is 13.5 Å². The first-order chi connectivity index (χ1) is 7.29. The van der Waals surface area contributed by atoms with Gasteiger partial charge in [0.15, 0.2) is 0 Å². The lowest BCUT2D eigenvalue weighted by Gasteiger charge is -2.07. The number of carbonyl (C=O) groups is 1. The second-order valence-corrected chi connectivity index (χ2v) is 3.29. The molecule has 1 aromatic carbocycles. The van der Waals surface area contributed by atoms with E-state index in [9.17, 15) is 4.79 Å². The molecule has 0 aliphatic rings. The largest absolute Gasteiger partial charge is 0.458 e. The molecule has 0 spiro atoms. The molecule has 0 unspecified atom stereocenters. The quantitative estimate of drug-likeness (QED) is 0.544. The number of aryl methyl sites for hydroxylation is 1. The first-order valence-corrected chi connectivity index (χ1v) is 5.15. The zero-order chi connectivity index (χ0) is 11.1. The first kappa shape index (κ1) is 11.5. The molecular weight excluding hydrogens is 188 g/mol. The fraction of sp³-hybridized carbons (Fsp3) is 0.308. The van der Waals surface area contributed by atoms with Crippen LogP contribution in [0.3, 0.4) is 0 Å². The lowest BCUT2D eigenvalue weighted by molar-refractivity contribution is 0.0548. The van der Waals surface area contributed by atoms with Crippen molar-refractivity contribution in [2.45, 2.75) is 19.8 Å². The number of benzene rings is 1. The Morgan fingerprint density at radius 1 is 1.47 bits per heavy atom. The molecule has 1 aromatic rings. The van der Waals surface area contributed by atoms with E-state index in [-0.39, 0.29) is 12.6 Å². The summed E-state index contributed by atoms with van der Waals surface area (Å²) in [6.45, 7) is 5.86. The maximum absolute atomic E-state index is 11.6. The summed E-state index contributed by atoms with van der Waals surface area (Å²) in [6, 6.07) is 7.56. The van der Waals surface area contributed by atoms with Gasteiger partial charge in [-0.15, -0.1) is 0 Å². The van der Waals surface area contributed by atoms with Gasteiger partial charge in [0.05, 0.1) is 5.56 Å². The minimum Gasteiger partial charge on any atom is -0.458 e. The molecule has 0 aliphatic heterocycles. The van der Waals surface area contributed by atoms with E-state index in [1.165, 1.54) is 0 Å². The molecule has 0 saturated carbocycles. The maximum Gasteiger partial charge on any atom is 0.338 e. The van der Waals surface area contributed by atoms with E-state index in [0.717, 1.165) is 18.4 Å². The van der Waals surface area contributed by atoms with Crippen LogP contribution in [0.5, 0.6) is 0 Å². The van der Waals surface area contributed by atoms with Crippen molar-refractivity contribution < 1.29 is 9.53 Å². The van der Waals surface area contributed by atoms with Crippen LogP contribution in [0.2, 0.25) is 0 Å². The summed E-state index contributed by atoms with van der Waals surface area (Å²) in [7, 11) is 0. The molecule has 0 bridgehead atoms. The van der Waals surface area contributed by atoms with Gasteiger partial charge in [-0.1, -0.05) is 44.2 Å². The smallest absolute Gasteiger partial charge is 0.338 e. The molecule has 0 amide bonds. The third kappa shape index (κ3) is 3.24. The number of hydrogen-bond donors (Lipinski definition) is 0. The molecule has 2 heteroatoms. The Hall–Kier alpha value is -1.57. The average Bonchev–Trinajstić information content (AvgIpc) is 2.27. The predicted molar refractivity (Wildman–Crippen MR) is 60.9 cm³/mol. The first-order valence-electron chi connectivity index (χ1n) is 5.15. The third-order valence-corrected chi connectivity index (χ3v) is 2.09. The van der Waals surface area contributed by atoms with Crippen LogP contribution in [0, 0.1) is 0 Å². The molecule has 2 nitrogen and oxygen atoms in total. The lowest BCUT2D eigenvalue weighted by atomic mass is 10.0. The van der Waals surface area contributed by atoms with Crippen molar-refractivity contribution in [3.63, 3.8) is 0 Å². The van der Waals surface area contributed by atoms with Crippen LogP contribution in [0.25, 0.3) is 0 Å². The van der Waals surface area contributed by atoms with Crippen LogP contribution < -0.4 is 0 Å². The van der Waals surface area contributed by atoms with Gasteiger partial charge in [-0.3, -0.25) is 0 Å². The van der Waals surface area contributed by atoms with Crippen molar-refractivity contribution in [1.82, 2.24) is 0 Å². The van der Waals surface area contributed by atoms with Gasteiger partial charge in [-0.05, 0) is 18.1 Å². The second kappa shape index (κ2) is 6.02. The van der Waals surface area contributed by atoms with Crippen molar-refractivity contribution in [3.8, 4) is 0 Å². The molecule has 0 atom stereocenters. The Labute approximate surface area is 90.6 Å². The summed E-state index contributed by atoms with van der Waals surface area (Å²) in [5.41, 5.74) is 1.72. The van der Waals surface area contributed by atoms with Crippen molar-refractivity contribution >= 4 is 5.97 Å². The van der Waals surface area contributed by atoms with Crippen LogP contribution in [0.15, 0.2) is 36.9 Å². The van der Waals surface area contributed by atoms with Crippen LogP contribution in [0.4, 0.5) is 0 Å². The van der Waals surface area contributed by atoms with E-state index in [0.29, 0.717) is 5.56 Å². The molecule has 0 aliphatic carbocycles. The van der Waals surface area contributed by atoms with Crippen molar-refractivity contribution in [3.05, 3.63) is 48.0 Å². The van der Waals surface area contributed by atoms with Crippen LogP contribution in [-0.4, -0.2) is 12.6 Å². The number of hydrogen-bond acceptors (Lipinski definition) is 2. The highest BCUT2D eigenvalue weighted by molar-refractivity contribution is 5.91. The van der Waals surface area contributed by atoms with Gasteiger partial charge < -0.3 is 4.74 Å². The van der Waals surface area contributed by atoms with Crippen LogP contribution >= 0.6 is 0 Å². The Balaban J connectivity index is 2.81. The van der Waals surface area contributed by atoms with E-state index in [1.54, 1.807) is 12.1 Å². The zero-order valence-electron chi connectivity index (χ0n) is 9.03. The van der Waals surface area contributed by atoms with Gasteiger partial charge in [0.1, 0.15) is 6.61 Å². The number of esters is 1. The zero-order valence-corrected chi connectivity index (χ0v) is 9.03. The summed E-state index contributed by atoms with van der Waals surface area (Å²) < 4.78 is 5.01. The molecule has 0 saturated heterocycles. The minimum absolute atomic E-state index is 0.263. The van der Waals surface area contributed by atoms with Gasteiger partial charge in [0, 0.05) is 0 Å². The van der Waals surface area contributed by atoms with Gasteiger partial charge in [-0.25, -0.2) is 4.79 Å². The summed E-state index contributed by atoms with van der Waals surface area (Å²) in [5, 5.41) is 0. The Kier molecular flexibility index (Phi) is 4.61. The topological polar surface area (TPSA) is 26.3 Å². The normalized spacial score (nSPS) is 9.67. The highest BCUT2D eigenvalue weighted by Crippen LogP contribution is 2.12. The monoisotopic (exact) mass is 204 g/mol. The van der Waals surface area contributed by atoms with Gasteiger partial charge >= 0.3 is 5.97 Å². The van der Waals surface area contributed by atoms with Gasteiger partial charge in [0.25, 0.3) is 0 Å².